The third kappa shape index (κ3) is 4.33. The number of carbonyl (C=O) groups excluding carboxylic acids is 2. The third-order valence-electron chi connectivity index (χ3n) is 3.75. The predicted molar refractivity (Wildman–Crippen MR) is 92.7 cm³/mol. The number of hydrogen-bond donors (Lipinski definition) is 1. The summed E-state index contributed by atoms with van der Waals surface area (Å²) in [5.41, 5.74) is 2.21. The summed E-state index contributed by atoms with van der Waals surface area (Å²) in [6.07, 6.45) is 0. The zero-order valence-corrected chi connectivity index (χ0v) is 13.9. The van der Waals surface area contributed by atoms with Crippen molar-refractivity contribution in [1.82, 2.24) is 4.90 Å². The van der Waals surface area contributed by atoms with Gasteiger partial charge in [-0.3, -0.25) is 9.59 Å². The number of benzene rings is 2. The lowest BCUT2D eigenvalue weighted by Crippen LogP contribution is -2.30. The zero-order chi connectivity index (χ0) is 16.8. The highest BCUT2D eigenvalue weighted by molar-refractivity contribution is 6.27. The zero-order valence-electron chi connectivity index (χ0n) is 13.1. The minimum atomic E-state index is -0.166. The monoisotopic (exact) mass is 330 g/mol. The van der Waals surface area contributed by atoms with Gasteiger partial charge in [0.05, 0.1) is 6.04 Å². The molecule has 2 rings (SSSR count). The van der Waals surface area contributed by atoms with Crippen LogP contribution in [0.15, 0.2) is 54.6 Å². The number of nitrogens with one attached hydrogen (secondary N) is 1. The van der Waals surface area contributed by atoms with Gasteiger partial charge in [-0.2, -0.15) is 0 Å². The highest BCUT2D eigenvalue weighted by Crippen LogP contribution is 2.22. The van der Waals surface area contributed by atoms with E-state index in [1.807, 2.05) is 49.4 Å². The van der Waals surface area contributed by atoms with Gasteiger partial charge >= 0.3 is 0 Å². The second-order valence-electron chi connectivity index (χ2n) is 5.26. The molecule has 0 fully saturated rings. The van der Waals surface area contributed by atoms with E-state index in [2.05, 4.69) is 5.32 Å². The Hall–Kier alpha value is -2.33. The van der Waals surface area contributed by atoms with Crippen LogP contribution in [0.1, 0.15) is 28.9 Å². The van der Waals surface area contributed by atoms with Gasteiger partial charge in [-0.1, -0.05) is 30.3 Å². The quantitative estimate of drug-likeness (QED) is 0.850. The van der Waals surface area contributed by atoms with Gasteiger partial charge in [0.2, 0.25) is 5.91 Å². The fourth-order valence-corrected chi connectivity index (χ4v) is 2.39. The molecule has 0 radical (unpaired) electrons. The molecule has 2 aromatic carbocycles. The van der Waals surface area contributed by atoms with E-state index in [4.69, 9.17) is 11.6 Å². The summed E-state index contributed by atoms with van der Waals surface area (Å²) in [5, 5.41) is 2.87. The standard InChI is InChI=1S/C18H19ClN2O2/c1-13(21(2)17(22)12-19)15-9-6-10-16(11-15)20-18(23)14-7-4-3-5-8-14/h3-11,13H,12H2,1-2H3,(H,20,23)/t13-/m1/s1. The largest absolute Gasteiger partial charge is 0.338 e. The van der Waals surface area contributed by atoms with E-state index in [9.17, 15) is 9.59 Å². The molecule has 0 aliphatic rings. The molecule has 0 saturated carbocycles. The van der Waals surface area contributed by atoms with Crippen LogP contribution in [0.25, 0.3) is 0 Å². The Kier molecular flexibility index (Phi) is 5.77. The minimum absolute atomic E-state index is 0.0503. The number of amides is 2. The topological polar surface area (TPSA) is 49.4 Å². The third-order valence-corrected chi connectivity index (χ3v) is 3.98. The summed E-state index contributed by atoms with van der Waals surface area (Å²) < 4.78 is 0. The SMILES string of the molecule is C[C@H](c1cccc(NC(=O)c2ccccc2)c1)N(C)C(=O)CCl. The molecule has 5 heteroatoms. The summed E-state index contributed by atoms with van der Waals surface area (Å²) in [7, 11) is 1.71. The minimum Gasteiger partial charge on any atom is -0.338 e. The Labute approximate surface area is 141 Å². The van der Waals surface area contributed by atoms with Crippen molar-refractivity contribution in [2.24, 2.45) is 0 Å². The summed E-state index contributed by atoms with van der Waals surface area (Å²) in [4.78, 5) is 25.5. The van der Waals surface area contributed by atoms with Crippen LogP contribution in [0.5, 0.6) is 0 Å². The molecule has 0 aliphatic carbocycles. The number of halogens is 1. The molecule has 0 aliphatic heterocycles. The van der Waals surface area contributed by atoms with E-state index < -0.39 is 0 Å². The molecule has 0 bridgehead atoms. The molecule has 120 valence electrons. The van der Waals surface area contributed by atoms with Crippen LogP contribution in [-0.4, -0.2) is 29.6 Å². The fourth-order valence-electron chi connectivity index (χ4n) is 2.20. The lowest BCUT2D eigenvalue weighted by molar-refractivity contribution is -0.129. The normalized spacial score (nSPS) is 11.6. The van der Waals surface area contributed by atoms with Gasteiger partial charge in [-0.05, 0) is 36.8 Å². The van der Waals surface area contributed by atoms with Crippen LogP contribution in [0.3, 0.4) is 0 Å². The Morgan fingerprint density at radius 3 is 2.48 bits per heavy atom. The number of rotatable bonds is 5. The van der Waals surface area contributed by atoms with Crippen molar-refractivity contribution >= 4 is 29.1 Å². The molecule has 0 saturated heterocycles. The molecule has 2 aromatic rings. The predicted octanol–water partition coefficient (Wildman–Crippen LogP) is 3.70. The van der Waals surface area contributed by atoms with Gasteiger partial charge in [0.25, 0.3) is 5.91 Å². The van der Waals surface area contributed by atoms with E-state index in [0.29, 0.717) is 11.3 Å². The van der Waals surface area contributed by atoms with Crippen molar-refractivity contribution in [1.29, 1.82) is 0 Å². The molecule has 4 nitrogen and oxygen atoms in total. The Bertz CT molecular complexity index is 688. The summed E-state index contributed by atoms with van der Waals surface area (Å²) in [5.74, 6) is -0.357. The van der Waals surface area contributed by atoms with Crippen molar-refractivity contribution < 1.29 is 9.59 Å². The van der Waals surface area contributed by atoms with E-state index in [1.54, 1.807) is 24.1 Å². The number of alkyl halides is 1. The molecule has 0 unspecified atom stereocenters. The van der Waals surface area contributed by atoms with E-state index in [0.717, 1.165) is 5.56 Å². The maximum atomic E-state index is 12.2. The lowest BCUT2D eigenvalue weighted by atomic mass is 10.1. The Morgan fingerprint density at radius 1 is 1.13 bits per heavy atom. The highest BCUT2D eigenvalue weighted by Gasteiger charge is 2.17. The van der Waals surface area contributed by atoms with Crippen molar-refractivity contribution in [3.05, 3.63) is 65.7 Å². The van der Waals surface area contributed by atoms with Gasteiger partial charge in [-0.25, -0.2) is 0 Å². The molecular formula is C18H19ClN2O2. The lowest BCUT2D eigenvalue weighted by Gasteiger charge is -2.25. The van der Waals surface area contributed by atoms with Crippen molar-refractivity contribution in [3.63, 3.8) is 0 Å². The Balaban J connectivity index is 2.14. The van der Waals surface area contributed by atoms with Gasteiger partial charge in [-0.15, -0.1) is 11.6 Å². The molecular weight excluding hydrogens is 312 g/mol. The fraction of sp³-hybridized carbons (Fsp3) is 0.222. The molecule has 0 heterocycles. The maximum Gasteiger partial charge on any atom is 0.255 e. The van der Waals surface area contributed by atoms with Gasteiger partial charge in [0.1, 0.15) is 5.88 Å². The van der Waals surface area contributed by atoms with Crippen LogP contribution in [0.2, 0.25) is 0 Å². The van der Waals surface area contributed by atoms with E-state index >= 15 is 0 Å². The second-order valence-corrected chi connectivity index (χ2v) is 5.53. The van der Waals surface area contributed by atoms with Crippen molar-refractivity contribution in [2.45, 2.75) is 13.0 Å². The van der Waals surface area contributed by atoms with E-state index in [-0.39, 0.29) is 23.7 Å². The van der Waals surface area contributed by atoms with Gasteiger partial charge < -0.3 is 10.2 Å². The van der Waals surface area contributed by atoms with Crippen LogP contribution >= 0.6 is 11.6 Å². The van der Waals surface area contributed by atoms with Crippen LogP contribution in [0.4, 0.5) is 5.69 Å². The number of hydrogen-bond acceptors (Lipinski definition) is 2. The smallest absolute Gasteiger partial charge is 0.255 e. The summed E-state index contributed by atoms with van der Waals surface area (Å²) >= 11 is 5.60. The average molecular weight is 331 g/mol. The van der Waals surface area contributed by atoms with Crippen molar-refractivity contribution in [3.8, 4) is 0 Å². The maximum absolute atomic E-state index is 12.2. The second kappa shape index (κ2) is 7.79. The van der Waals surface area contributed by atoms with Crippen LogP contribution in [-0.2, 0) is 4.79 Å². The van der Waals surface area contributed by atoms with E-state index in [1.165, 1.54) is 0 Å². The summed E-state index contributed by atoms with van der Waals surface area (Å²) in [6, 6.07) is 16.3. The van der Waals surface area contributed by atoms with Gasteiger partial charge in [0, 0.05) is 18.3 Å². The molecule has 23 heavy (non-hydrogen) atoms. The Morgan fingerprint density at radius 2 is 1.83 bits per heavy atom. The molecule has 0 spiro atoms. The van der Waals surface area contributed by atoms with Crippen LogP contribution < -0.4 is 5.32 Å². The number of carbonyl (C=O) groups is 2. The first-order valence-electron chi connectivity index (χ1n) is 7.31. The molecule has 1 N–H and O–H groups in total. The first-order valence-corrected chi connectivity index (χ1v) is 7.84. The summed E-state index contributed by atoms with van der Waals surface area (Å²) in [6.45, 7) is 1.92. The first kappa shape index (κ1) is 17.0. The first-order chi connectivity index (χ1) is 11.0. The highest BCUT2D eigenvalue weighted by atomic mass is 35.5. The van der Waals surface area contributed by atoms with Crippen molar-refractivity contribution in [2.75, 3.05) is 18.2 Å². The molecule has 0 aromatic heterocycles. The number of nitrogens with zero attached hydrogens (tertiary/aromatic N) is 1. The molecule has 2 amide bonds. The number of anilines is 1. The van der Waals surface area contributed by atoms with Crippen LogP contribution in [0, 0.1) is 0 Å². The molecule has 1 atom stereocenters. The van der Waals surface area contributed by atoms with Gasteiger partial charge in [0.15, 0.2) is 0 Å². The average Bonchev–Trinajstić information content (AvgIpc) is 2.60.